The van der Waals surface area contributed by atoms with Crippen LogP contribution in [0.15, 0.2) is 24.3 Å². The fourth-order valence-electron chi connectivity index (χ4n) is 5.44. The lowest BCUT2D eigenvalue weighted by molar-refractivity contribution is -0.124. The summed E-state index contributed by atoms with van der Waals surface area (Å²) < 4.78 is 0. The Morgan fingerprint density at radius 2 is 1.00 bits per heavy atom. The maximum Gasteiger partial charge on any atom is 0.220 e. The second kappa shape index (κ2) is 32.7. The Morgan fingerprint density at radius 1 is 0.595 bits per heavy atom. The lowest BCUT2D eigenvalue weighted by Crippen LogP contribution is -2.50. The summed E-state index contributed by atoms with van der Waals surface area (Å²) >= 11 is 0. The van der Waals surface area contributed by atoms with Gasteiger partial charge in [-0.25, -0.2) is 0 Å². The molecule has 0 aromatic heterocycles. The van der Waals surface area contributed by atoms with Crippen molar-refractivity contribution in [1.82, 2.24) is 5.32 Å². The van der Waals surface area contributed by atoms with Gasteiger partial charge >= 0.3 is 0 Å². The summed E-state index contributed by atoms with van der Waals surface area (Å²) in [5, 5.41) is 33.2. The van der Waals surface area contributed by atoms with E-state index in [1.54, 1.807) is 0 Å². The second-order valence-electron chi connectivity index (χ2n) is 12.5. The summed E-state index contributed by atoms with van der Waals surface area (Å²) in [6.07, 6.45) is 37.0. The fourth-order valence-corrected chi connectivity index (χ4v) is 5.44. The average molecular weight is 594 g/mol. The Kier molecular flexibility index (Phi) is 31.8. The standard InChI is InChI=1S/C37H71NO4/c1-3-5-7-9-11-13-14-15-16-17-18-19-20-21-22-24-26-28-30-32-36(41)38-34(33-39)37(42)35(40)31-29-27-25-23-12-10-8-6-4-2/h11,13-15,34-35,37,39-40,42H,3-10,12,16-33H2,1-2H3,(H,38,41)/b13-11-,15-14-. The number of unbranched alkanes of at least 4 members (excludes halogenated alkanes) is 21. The molecule has 0 saturated heterocycles. The maximum absolute atomic E-state index is 12.3. The fraction of sp³-hybridized carbons (Fsp3) is 0.865. The molecule has 3 unspecified atom stereocenters. The third-order valence-corrected chi connectivity index (χ3v) is 8.34. The lowest BCUT2D eigenvalue weighted by Gasteiger charge is -2.26. The van der Waals surface area contributed by atoms with E-state index in [0.717, 1.165) is 38.5 Å². The maximum atomic E-state index is 12.3. The van der Waals surface area contributed by atoms with Crippen LogP contribution in [0.1, 0.15) is 181 Å². The van der Waals surface area contributed by atoms with E-state index in [4.69, 9.17) is 0 Å². The first-order valence-electron chi connectivity index (χ1n) is 18.1. The molecule has 0 fully saturated rings. The number of allylic oxidation sites excluding steroid dienone is 4. The SMILES string of the molecule is CCCCC/C=C\C=C/CCCCCCCCCCCCC(=O)NC(CO)C(O)C(O)CCCCCCCCCCC. The van der Waals surface area contributed by atoms with Crippen LogP contribution in [0, 0.1) is 0 Å². The summed E-state index contributed by atoms with van der Waals surface area (Å²) in [6.45, 7) is 4.11. The van der Waals surface area contributed by atoms with Gasteiger partial charge in [0.1, 0.15) is 6.10 Å². The predicted molar refractivity (Wildman–Crippen MR) is 181 cm³/mol. The highest BCUT2D eigenvalue weighted by Crippen LogP contribution is 2.15. The topological polar surface area (TPSA) is 89.8 Å². The molecule has 4 N–H and O–H groups in total. The third kappa shape index (κ3) is 27.7. The van der Waals surface area contributed by atoms with Crippen molar-refractivity contribution >= 4 is 5.91 Å². The number of rotatable bonds is 32. The van der Waals surface area contributed by atoms with Crippen molar-refractivity contribution in [2.45, 2.75) is 199 Å². The molecule has 0 saturated carbocycles. The van der Waals surface area contributed by atoms with Crippen LogP contribution in [0.25, 0.3) is 0 Å². The summed E-state index contributed by atoms with van der Waals surface area (Å²) in [5.74, 6) is -0.152. The van der Waals surface area contributed by atoms with E-state index in [1.165, 1.54) is 116 Å². The first-order valence-corrected chi connectivity index (χ1v) is 18.1. The molecule has 0 heterocycles. The Hall–Kier alpha value is -1.17. The van der Waals surface area contributed by atoms with Crippen LogP contribution >= 0.6 is 0 Å². The van der Waals surface area contributed by atoms with Gasteiger partial charge in [0.25, 0.3) is 0 Å². The summed E-state index contributed by atoms with van der Waals surface area (Å²) in [6, 6.07) is -0.806. The summed E-state index contributed by atoms with van der Waals surface area (Å²) in [7, 11) is 0. The zero-order valence-electron chi connectivity index (χ0n) is 27.9. The molecule has 0 rings (SSSR count). The number of hydrogen-bond donors (Lipinski definition) is 4. The van der Waals surface area contributed by atoms with E-state index in [1.807, 2.05) is 0 Å². The van der Waals surface area contributed by atoms with Gasteiger partial charge in [-0.05, 0) is 38.5 Å². The van der Waals surface area contributed by atoms with E-state index in [9.17, 15) is 20.1 Å². The first-order chi connectivity index (χ1) is 20.6. The first kappa shape index (κ1) is 40.8. The molecule has 0 aromatic rings. The van der Waals surface area contributed by atoms with Crippen LogP contribution in [0.3, 0.4) is 0 Å². The molecule has 248 valence electrons. The number of aliphatic hydroxyl groups excluding tert-OH is 3. The van der Waals surface area contributed by atoms with Gasteiger partial charge in [-0.2, -0.15) is 0 Å². The quantitative estimate of drug-likeness (QED) is 0.0462. The summed E-state index contributed by atoms with van der Waals surface area (Å²) in [4.78, 5) is 12.3. The molecule has 0 spiro atoms. The van der Waals surface area contributed by atoms with Gasteiger partial charge in [0, 0.05) is 6.42 Å². The molecule has 0 aliphatic heterocycles. The Bertz CT molecular complexity index is 621. The van der Waals surface area contributed by atoms with Gasteiger partial charge in [0.15, 0.2) is 0 Å². The zero-order valence-corrected chi connectivity index (χ0v) is 27.9. The van der Waals surface area contributed by atoms with Crippen LogP contribution in [-0.4, -0.2) is 46.1 Å². The third-order valence-electron chi connectivity index (χ3n) is 8.34. The van der Waals surface area contributed by atoms with Crippen LogP contribution in [0.4, 0.5) is 0 Å². The van der Waals surface area contributed by atoms with Crippen molar-refractivity contribution in [1.29, 1.82) is 0 Å². The van der Waals surface area contributed by atoms with Crippen molar-refractivity contribution in [2.75, 3.05) is 6.61 Å². The van der Waals surface area contributed by atoms with E-state index in [0.29, 0.717) is 12.8 Å². The van der Waals surface area contributed by atoms with Gasteiger partial charge in [0.2, 0.25) is 5.91 Å². The summed E-state index contributed by atoms with van der Waals surface area (Å²) in [5.41, 5.74) is 0. The second-order valence-corrected chi connectivity index (χ2v) is 12.5. The van der Waals surface area contributed by atoms with Crippen LogP contribution < -0.4 is 5.32 Å². The molecular formula is C37H71NO4. The molecule has 0 bridgehead atoms. The minimum atomic E-state index is -1.13. The Morgan fingerprint density at radius 3 is 1.50 bits per heavy atom. The van der Waals surface area contributed by atoms with E-state index in [-0.39, 0.29) is 12.5 Å². The van der Waals surface area contributed by atoms with Crippen molar-refractivity contribution in [3.8, 4) is 0 Å². The minimum absolute atomic E-state index is 0.152. The zero-order chi connectivity index (χ0) is 30.9. The van der Waals surface area contributed by atoms with E-state index in [2.05, 4.69) is 43.5 Å². The molecular weight excluding hydrogens is 522 g/mol. The smallest absolute Gasteiger partial charge is 0.220 e. The molecule has 5 heteroatoms. The molecule has 3 atom stereocenters. The number of carbonyl (C=O) groups excluding carboxylic acids is 1. The van der Waals surface area contributed by atoms with E-state index < -0.39 is 18.2 Å². The van der Waals surface area contributed by atoms with Crippen molar-refractivity contribution in [3.63, 3.8) is 0 Å². The van der Waals surface area contributed by atoms with Crippen LogP contribution in [0.2, 0.25) is 0 Å². The monoisotopic (exact) mass is 594 g/mol. The van der Waals surface area contributed by atoms with Crippen molar-refractivity contribution in [2.24, 2.45) is 0 Å². The Balaban J connectivity index is 3.66. The molecule has 0 aliphatic rings. The van der Waals surface area contributed by atoms with Gasteiger partial charge in [-0.1, -0.05) is 160 Å². The predicted octanol–water partition coefficient (Wildman–Crippen LogP) is 9.48. The van der Waals surface area contributed by atoms with Gasteiger partial charge in [0.05, 0.1) is 18.8 Å². The van der Waals surface area contributed by atoms with Gasteiger partial charge in [-0.15, -0.1) is 0 Å². The highest BCUT2D eigenvalue weighted by Gasteiger charge is 2.26. The number of carbonyl (C=O) groups is 1. The number of aliphatic hydroxyl groups is 3. The molecule has 42 heavy (non-hydrogen) atoms. The molecule has 0 aromatic carbocycles. The average Bonchev–Trinajstić information content (AvgIpc) is 2.99. The highest BCUT2D eigenvalue weighted by atomic mass is 16.3. The van der Waals surface area contributed by atoms with E-state index >= 15 is 0 Å². The molecule has 0 radical (unpaired) electrons. The van der Waals surface area contributed by atoms with Gasteiger partial charge < -0.3 is 20.6 Å². The van der Waals surface area contributed by atoms with Crippen LogP contribution in [-0.2, 0) is 4.79 Å². The normalized spacial score (nSPS) is 14.1. The molecule has 5 nitrogen and oxygen atoms in total. The highest BCUT2D eigenvalue weighted by molar-refractivity contribution is 5.76. The minimum Gasteiger partial charge on any atom is -0.394 e. The molecule has 0 aliphatic carbocycles. The molecule has 1 amide bonds. The Labute approximate surface area is 261 Å². The van der Waals surface area contributed by atoms with Crippen molar-refractivity contribution in [3.05, 3.63) is 24.3 Å². The largest absolute Gasteiger partial charge is 0.394 e. The lowest BCUT2D eigenvalue weighted by atomic mass is 9.99. The van der Waals surface area contributed by atoms with Crippen LogP contribution in [0.5, 0.6) is 0 Å². The number of hydrogen-bond acceptors (Lipinski definition) is 4. The van der Waals surface area contributed by atoms with Gasteiger partial charge in [-0.3, -0.25) is 4.79 Å². The number of amides is 1. The number of nitrogens with one attached hydrogen (secondary N) is 1. The van der Waals surface area contributed by atoms with Crippen molar-refractivity contribution < 1.29 is 20.1 Å².